The fourth-order valence-electron chi connectivity index (χ4n) is 2.23. The Morgan fingerprint density at radius 1 is 1.21 bits per heavy atom. The highest BCUT2D eigenvalue weighted by Crippen LogP contribution is 2.19. The van der Waals surface area contributed by atoms with Crippen molar-refractivity contribution in [1.82, 2.24) is 10.6 Å². The molecule has 6 heteroatoms. The van der Waals surface area contributed by atoms with Crippen LogP contribution in [0.4, 0.5) is 9.18 Å². The third kappa shape index (κ3) is 4.96. The van der Waals surface area contributed by atoms with Crippen molar-refractivity contribution in [2.45, 2.75) is 19.6 Å². The molecule has 0 fully saturated rings. The number of carbonyl (C=O) groups excluding carboxylic acids is 1. The van der Waals surface area contributed by atoms with Crippen molar-refractivity contribution in [1.29, 1.82) is 0 Å². The van der Waals surface area contributed by atoms with Crippen LogP contribution in [0.15, 0.2) is 42.5 Å². The van der Waals surface area contributed by atoms with Gasteiger partial charge in [-0.3, -0.25) is 0 Å². The molecule has 128 valence electrons. The van der Waals surface area contributed by atoms with Crippen molar-refractivity contribution in [2.75, 3.05) is 13.7 Å². The number of ether oxygens (including phenoxy) is 1. The maximum absolute atomic E-state index is 12.8. The smallest absolute Gasteiger partial charge is 0.315 e. The van der Waals surface area contributed by atoms with Crippen LogP contribution < -0.4 is 15.4 Å². The molecular weight excluding hydrogens is 311 g/mol. The van der Waals surface area contributed by atoms with Gasteiger partial charge < -0.3 is 20.5 Å². The SMILES string of the molecule is COc1cc(C)ccc1CNC(=O)NCC(O)c1ccc(F)cc1. The number of urea groups is 1. The Bertz CT molecular complexity index is 689. The highest BCUT2D eigenvalue weighted by atomic mass is 19.1. The predicted octanol–water partition coefficient (Wildman–Crippen LogP) is 2.68. The van der Waals surface area contributed by atoms with E-state index in [1.807, 2.05) is 25.1 Å². The zero-order chi connectivity index (χ0) is 17.5. The summed E-state index contributed by atoms with van der Waals surface area (Å²) < 4.78 is 18.1. The molecule has 1 unspecified atom stereocenters. The number of rotatable bonds is 6. The van der Waals surface area contributed by atoms with E-state index < -0.39 is 12.1 Å². The molecule has 0 saturated carbocycles. The number of nitrogens with one attached hydrogen (secondary N) is 2. The van der Waals surface area contributed by atoms with E-state index in [0.717, 1.165) is 11.1 Å². The first-order valence-electron chi connectivity index (χ1n) is 7.58. The van der Waals surface area contributed by atoms with Crippen LogP contribution in [0.3, 0.4) is 0 Å². The van der Waals surface area contributed by atoms with Crippen LogP contribution in [0.2, 0.25) is 0 Å². The monoisotopic (exact) mass is 332 g/mol. The summed E-state index contributed by atoms with van der Waals surface area (Å²) in [6.45, 7) is 2.30. The molecule has 2 amide bonds. The Balaban J connectivity index is 1.82. The number of aliphatic hydroxyl groups excluding tert-OH is 1. The molecule has 5 nitrogen and oxygen atoms in total. The van der Waals surface area contributed by atoms with Crippen molar-refractivity contribution in [3.8, 4) is 5.75 Å². The van der Waals surface area contributed by atoms with Crippen molar-refractivity contribution >= 4 is 6.03 Å². The summed E-state index contributed by atoms with van der Waals surface area (Å²) in [7, 11) is 1.58. The van der Waals surface area contributed by atoms with Gasteiger partial charge in [-0.25, -0.2) is 9.18 Å². The summed E-state index contributed by atoms with van der Waals surface area (Å²) in [5, 5.41) is 15.3. The van der Waals surface area contributed by atoms with E-state index in [2.05, 4.69) is 10.6 Å². The molecule has 0 bridgehead atoms. The first kappa shape index (κ1) is 17.7. The zero-order valence-electron chi connectivity index (χ0n) is 13.7. The molecule has 0 aliphatic heterocycles. The number of aryl methyl sites for hydroxylation is 1. The van der Waals surface area contributed by atoms with E-state index in [1.165, 1.54) is 24.3 Å². The summed E-state index contributed by atoms with van der Waals surface area (Å²) in [6.07, 6.45) is -0.898. The Morgan fingerprint density at radius 3 is 2.58 bits per heavy atom. The summed E-state index contributed by atoms with van der Waals surface area (Å²) >= 11 is 0. The molecule has 2 rings (SSSR count). The molecule has 0 aromatic heterocycles. The van der Waals surface area contributed by atoms with Crippen LogP contribution in [0.5, 0.6) is 5.75 Å². The summed E-state index contributed by atoms with van der Waals surface area (Å²) in [6, 6.07) is 10.8. The molecule has 0 saturated heterocycles. The van der Waals surface area contributed by atoms with Gasteiger partial charge in [0.05, 0.1) is 13.2 Å². The van der Waals surface area contributed by atoms with Gasteiger partial charge in [-0.05, 0) is 36.2 Å². The van der Waals surface area contributed by atoms with E-state index >= 15 is 0 Å². The Labute approximate surface area is 140 Å². The Morgan fingerprint density at radius 2 is 1.92 bits per heavy atom. The average molecular weight is 332 g/mol. The third-order valence-electron chi connectivity index (χ3n) is 3.59. The van der Waals surface area contributed by atoms with Gasteiger partial charge in [-0.2, -0.15) is 0 Å². The van der Waals surface area contributed by atoms with Gasteiger partial charge in [0.25, 0.3) is 0 Å². The van der Waals surface area contributed by atoms with Gasteiger partial charge in [0.1, 0.15) is 11.6 Å². The van der Waals surface area contributed by atoms with Crippen molar-refractivity contribution < 1.29 is 19.0 Å². The molecule has 0 heterocycles. The first-order valence-corrected chi connectivity index (χ1v) is 7.58. The van der Waals surface area contributed by atoms with Crippen molar-refractivity contribution in [2.24, 2.45) is 0 Å². The molecule has 0 spiro atoms. The predicted molar refractivity (Wildman–Crippen MR) is 89.3 cm³/mol. The highest BCUT2D eigenvalue weighted by Gasteiger charge is 2.10. The molecule has 0 aliphatic carbocycles. The van der Waals surface area contributed by atoms with Gasteiger partial charge in [-0.15, -0.1) is 0 Å². The van der Waals surface area contributed by atoms with E-state index in [4.69, 9.17) is 4.74 Å². The van der Waals surface area contributed by atoms with Gasteiger partial charge in [0, 0.05) is 18.7 Å². The van der Waals surface area contributed by atoms with Crippen LogP contribution in [-0.2, 0) is 6.54 Å². The van der Waals surface area contributed by atoms with Crippen molar-refractivity contribution in [3.05, 3.63) is 65.0 Å². The minimum absolute atomic E-state index is 0.0303. The van der Waals surface area contributed by atoms with Crippen LogP contribution in [0.25, 0.3) is 0 Å². The number of aliphatic hydroxyl groups is 1. The van der Waals surface area contributed by atoms with Crippen molar-refractivity contribution in [3.63, 3.8) is 0 Å². The molecule has 3 N–H and O–H groups in total. The number of methoxy groups -OCH3 is 1. The molecule has 24 heavy (non-hydrogen) atoms. The Hall–Kier alpha value is -2.60. The minimum Gasteiger partial charge on any atom is -0.496 e. The largest absolute Gasteiger partial charge is 0.496 e. The van der Waals surface area contributed by atoms with Crippen LogP contribution in [0, 0.1) is 12.7 Å². The van der Waals surface area contributed by atoms with Crippen LogP contribution in [0.1, 0.15) is 22.8 Å². The lowest BCUT2D eigenvalue weighted by molar-refractivity contribution is 0.173. The van der Waals surface area contributed by atoms with Crippen LogP contribution in [-0.4, -0.2) is 24.8 Å². The van der Waals surface area contributed by atoms with Crippen LogP contribution >= 0.6 is 0 Å². The average Bonchev–Trinajstić information content (AvgIpc) is 2.59. The number of halogens is 1. The molecule has 1 atom stereocenters. The normalized spacial score (nSPS) is 11.7. The number of hydrogen-bond acceptors (Lipinski definition) is 3. The van der Waals surface area contributed by atoms with Gasteiger partial charge in [0.15, 0.2) is 0 Å². The third-order valence-corrected chi connectivity index (χ3v) is 3.59. The molecular formula is C18H21FN2O3. The van der Waals surface area contributed by atoms with E-state index in [1.54, 1.807) is 7.11 Å². The number of carbonyl (C=O) groups is 1. The number of amides is 2. The fraction of sp³-hybridized carbons (Fsp3) is 0.278. The number of benzene rings is 2. The zero-order valence-corrected chi connectivity index (χ0v) is 13.7. The Kier molecular flexibility index (Phi) is 6.14. The fourth-order valence-corrected chi connectivity index (χ4v) is 2.23. The maximum atomic E-state index is 12.8. The topological polar surface area (TPSA) is 70.6 Å². The summed E-state index contributed by atoms with van der Waals surface area (Å²) in [5.74, 6) is 0.338. The molecule has 2 aromatic rings. The maximum Gasteiger partial charge on any atom is 0.315 e. The lowest BCUT2D eigenvalue weighted by atomic mass is 10.1. The summed E-state index contributed by atoms with van der Waals surface area (Å²) in [5.41, 5.74) is 2.47. The van der Waals surface area contributed by atoms with E-state index in [0.29, 0.717) is 17.9 Å². The lowest BCUT2D eigenvalue weighted by Gasteiger charge is -2.14. The van der Waals surface area contributed by atoms with Gasteiger partial charge in [0.2, 0.25) is 0 Å². The highest BCUT2D eigenvalue weighted by molar-refractivity contribution is 5.74. The second-order valence-electron chi connectivity index (χ2n) is 5.45. The molecule has 0 aliphatic rings. The van der Waals surface area contributed by atoms with Gasteiger partial charge >= 0.3 is 6.03 Å². The molecule has 2 aromatic carbocycles. The lowest BCUT2D eigenvalue weighted by Crippen LogP contribution is -2.37. The van der Waals surface area contributed by atoms with E-state index in [9.17, 15) is 14.3 Å². The molecule has 0 radical (unpaired) electrons. The summed E-state index contributed by atoms with van der Waals surface area (Å²) in [4.78, 5) is 11.8. The quantitative estimate of drug-likeness (QED) is 0.762. The second kappa shape index (κ2) is 8.31. The van der Waals surface area contributed by atoms with Gasteiger partial charge in [-0.1, -0.05) is 24.3 Å². The first-order chi connectivity index (χ1) is 11.5. The van der Waals surface area contributed by atoms with E-state index in [-0.39, 0.29) is 12.4 Å². The number of hydrogen-bond donors (Lipinski definition) is 3. The minimum atomic E-state index is -0.898. The second-order valence-corrected chi connectivity index (χ2v) is 5.45. The standard InChI is InChI=1S/C18H21FN2O3/c1-12-3-4-14(17(9-12)24-2)10-20-18(23)21-11-16(22)13-5-7-15(19)8-6-13/h3-9,16,22H,10-11H2,1-2H3,(H2,20,21,23).